The van der Waals surface area contributed by atoms with Crippen molar-refractivity contribution < 1.29 is 4.79 Å². The predicted molar refractivity (Wildman–Crippen MR) is 102 cm³/mol. The highest BCUT2D eigenvalue weighted by molar-refractivity contribution is 5.93. The summed E-state index contributed by atoms with van der Waals surface area (Å²) in [6.45, 7) is 3.05. The molecule has 3 aromatic rings. The second-order valence-corrected chi connectivity index (χ2v) is 6.77. The Bertz CT molecular complexity index is 880. The van der Waals surface area contributed by atoms with Gasteiger partial charge in [-0.1, -0.05) is 6.07 Å². The molecule has 0 fully saturated rings. The van der Waals surface area contributed by atoms with Gasteiger partial charge in [-0.3, -0.25) is 4.79 Å². The SMILES string of the molecule is O=C(c1ccnnc1)N1Cc2cccn2C[C@@H](CCNc2ccccn2)C1. The van der Waals surface area contributed by atoms with Crippen molar-refractivity contribution in [2.75, 3.05) is 18.4 Å². The van der Waals surface area contributed by atoms with E-state index in [2.05, 4.69) is 37.3 Å². The average molecular weight is 362 g/mol. The van der Waals surface area contributed by atoms with Crippen LogP contribution >= 0.6 is 0 Å². The van der Waals surface area contributed by atoms with Crippen molar-refractivity contribution in [2.24, 2.45) is 5.92 Å². The van der Waals surface area contributed by atoms with Crippen LogP contribution in [-0.4, -0.2) is 43.6 Å². The van der Waals surface area contributed by atoms with Gasteiger partial charge in [0, 0.05) is 37.7 Å². The van der Waals surface area contributed by atoms with E-state index in [9.17, 15) is 4.79 Å². The summed E-state index contributed by atoms with van der Waals surface area (Å²) >= 11 is 0. The Labute approximate surface area is 158 Å². The summed E-state index contributed by atoms with van der Waals surface area (Å²) in [5.74, 6) is 1.24. The number of nitrogens with zero attached hydrogens (tertiary/aromatic N) is 5. The van der Waals surface area contributed by atoms with Gasteiger partial charge in [-0.25, -0.2) is 4.98 Å². The average Bonchev–Trinajstić information content (AvgIpc) is 3.07. The first-order chi connectivity index (χ1) is 13.3. The zero-order chi connectivity index (χ0) is 18.5. The first-order valence-electron chi connectivity index (χ1n) is 9.14. The van der Waals surface area contributed by atoms with Gasteiger partial charge in [-0.2, -0.15) is 10.2 Å². The van der Waals surface area contributed by atoms with Crippen molar-refractivity contribution in [1.82, 2.24) is 24.6 Å². The summed E-state index contributed by atoms with van der Waals surface area (Å²) in [6.07, 6.45) is 7.91. The van der Waals surface area contributed by atoms with E-state index in [0.717, 1.165) is 31.0 Å². The van der Waals surface area contributed by atoms with Crippen molar-refractivity contribution in [2.45, 2.75) is 19.5 Å². The molecule has 0 saturated carbocycles. The van der Waals surface area contributed by atoms with E-state index in [-0.39, 0.29) is 5.91 Å². The Morgan fingerprint density at radius 2 is 2.07 bits per heavy atom. The van der Waals surface area contributed by atoms with Crippen LogP contribution in [0, 0.1) is 5.92 Å². The Kier molecular flexibility index (Phi) is 5.09. The van der Waals surface area contributed by atoms with Crippen LogP contribution in [0.2, 0.25) is 0 Å². The number of nitrogens with one attached hydrogen (secondary N) is 1. The molecule has 1 N–H and O–H groups in total. The van der Waals surface area contributed by atoms with Gasteiger partial charge >= 0.3 is 0 Å². The lowest BCUT2D eigenvalue weighted by atomic mass is 10.0. The van der Waals surface area contributed by atoms with E-state index in [0.29, 0.717) is 24.6 Å². The Morgan fingerprint density at radius 1 is 1.11 bits per heavy atom. The predicted octanol–water partition coefficient (Wildman–Crippen LogP) is 2.45. The number of anilines is 1. The van der Waals surface area contributed by atoms with Gasteiger partial charge in [0.05, 0.1) is 24.5 Å². The fourth-order valence-electron chi connectivity index (χ4n) is 3.49. The summed E-state index contributed by atoms with van der Waals surface area (Å²) < 4.78 is 2.25. The molecular formula is C20H22N6O. The summed E-state index contributed by atoms with van der Waals surface area (Å²) in [7, 11) is 0. The highest BCUT2D eigenvalue weighted by Crippen LogP contribution is 2.21. The minimum Gasteiger partial charge on any atom is -0.370 e. The zero-order valence-electron chi connectivity index (χ0n) is 15.0. The lowest BCUT2D eigenvalue weighted by molar-refractivity contribution is 0.0719. The topological polar surface area (TPSA) is 75.9 Å². The van der Waals surface area contributed by atoms with Gasteiger partial charge in [0.25, 0.3) is 5.91 Å². The number of rotatable bonds is 5. The van der Waals surface area contributed by atoms with Gasteiger partial charge in [0.15, 0.2) is 0 Å². The monoisotopic (exact) mass is 362 g/mol. The number of hydrogen-bond acceptors (Lipinski definition) is 5. The second-order valence-electron chi connectivity index (χ2n) is 6.77. The molecule has 1 aliphatic rings. The molecule has 138 valence electrons. The van der Waals surface area contributed by atoms with E-state index < -0.39 is 0 Å². The van der Waals surface area contributed by atoms with Crippen LogP contribution in [0.4, 0.5) is 5.82 Å². The molecule has 0 saturated heterocycles. The minimum atomic E-state index is 0.00207. The smallest absolute Gasteiger partial charge is 0.255 e. The molecule has 0 spiro atoms. The van der Waals surface area contributed by atoms with Gasteiger partial charge < -0.3 is 14.8 Å². The summed E-state index contributed by atoms with van der Waals surface area (Å²) in [5, 5.41) is 11.0. The molecular weight excluding hydrogens is 340 g/mol. The van der Waals surface area contributed by atoms with E-state index in [1.54, 1.807) is 18.5 Å². The van der Waals surface area contributed by atoms with Gasteiger partial charge in [0.1, 0.15) is 5.82 Å². The molecule has 1 amide bonds. The maximum atomic E-state index is 12.9. The molecule has 3 aromatic heterocycles. The summed E-state index contributed by atoms with van der Waals surface area (Å²) in [6, 6.07) is 11.7. The molecule has 1 aliphatic heterocycles. The molecule has 0 radical (unpaired) electrons. The van der Waals surface area contributed by atoms with Crippen LogP contribution in [-0.2, 0) is 13.1 Å². The molecule has 1 atom stereocenters. The third kappa shape index (κ3) is 4.13. The maximum absolute atomic E-state index is 12.9. The fraction of sp³-hybridized carbons (Fsp3) is 0.300. The van der Waals surface area contributed by atoms with E-state index in [4.69, 9.17) is 0 Å². The number of carbonyl (C=O) groups is 1. The third-order valence-electron chi connectivity index (χ3n) is 4.85. The van der Waals surface area contributed by atoms with Crippen molar-refractivity contribution in [3.63, 3.8) is 0 Å². The molecule has 4 heterocycles. The fourth-order valence-corrected chi connectivity index (χ4v) is 3.49. The largest absolute Gasteiger partial charge is 0.370 e. The van der Waals surface area contributed by atoms with Crippen LogP contribution in [0.1, 0.15) is 22.5 Å². The van der Waals surface area contributed by atoms with Crippen LogP contribution in [0.25, 0.3) is 0 Å². The Morgan fingerprint density at radius 3 is 2.89 bits per heavy atom. The third-order valence-corrected chi connectivity index (χ3v) is 4.85. The van der Waals surface area contributed by atoms with Crippen LogP contribution in [0.3, 0.4) is 0 Å². The second kappa shape index (κ2) is 7.99. The first kappa shape index (κ1) is 17.2. The van der Waals surface area contributed by atoms with E-state index >= 15 is 0 Å². The Balaban J connectivity index is 1.46. The first-order valence-corrected chi connectivity index (χ1v) is 9.14. The summed E-state index contributed by atoms with van der Waals surface area (Å²) in [5.41, 5.74) is 1.74. The Hall–Kier alpha value is -3.22. The molecule has 0 bridgehead atoms. The maximum Gasteiger partial charge on any atom is 0.255 e. The van der Waals surface area contributed by atoms with Crippen LogP contribution < -0.4 is 5.32 Å². The van der Waals surface area contributed by atoms with Gasteiger partial charge in [-0.15, -0.1) is 0 Å². The van der Waals surface area contributed by atoms with E-state index in [1.807, 2.05) is 29.2 Å². The molecule has 4 rings (SSSR count). The number of carbonyl (C=O) groups excluding carboxylic acids is 1. The minimum absolute atomic E-state index is 0.00207. The molecule has 0 unspecified atom stereocenters. The quantitative estimate of drug-likeness (QED) is 0.754. The normalized spacial score (nSPS) is 16.4. The van der Waals surface area contributed by atoms with Gasteiger partial charge in [0.2, 0.25) is 0 Å². The number of hydrogen-bond donors (Lipinski definition) is 1. The van der Waals surface area contributed by atoms with Crippen molar-refractivity contribution >= 4 is 11.7 Å². The van der Waals surface area contributed by atoms with Crippen LogP contribution in [0.5, 0.6) is 0 Å². The summed E-state index contributed by atoms with van der Waals surface area (Å²) in [4.78, 5) is 19.2. The van der Waals surface area contributed by atoms with Crippen molar-refractivity contribution in [3.05, 3.63) is 72.4 Å². The lowest BCUT2D eigenvalue weighted by Crippen LogP contribution is -2.34. The highest BCUT2D eigenvalue weighted by Gasteiger charge is 2.25. The number of pyridine rings is 1. The van der Waals surface area contributed by atoms with E-state index in [1.165, 1.54) is 6.20 Å². The van der Waals surface area contributed by atoms with Crippen molar-refractivity contribution in [3.8, 4) is 0 Å². The molecule has 7 nitrogen and oxygen atoms in total. The number of amides is 1. The number of aromatic nitrogens is 4. The molecule has 27 heavy (non-hydrogen) atoms. The molecule has 0 aliphatic carbocycles. The molecule has 0 aromatic carbocycles. The highest BCUT2D eigenvalue weighted by atomic mass is 16.2. The molecule has 7 heteroatoms. The lowest BCUT2D eigenvalue weighted by Gasteiger charge is -2.24. The van der Waals surface area contributed by atoms with Crippen LogP contribution in [0.15, 0.2) is 61.2 Å². The number of fused-ring (bicyclic) bond motifs is 1. The van der Waals surface area contributed by atoms with Gasteiger partial charge in [-0.05, 0) is 42.7 Å². The zero-order valence-corrected chi connectivity index (χ0v) is 15.0. The van der Waals surface area contributed by atoms with Crippen molar-refractivity contribution in [1.29, 1.82) is 0 Å². The standard InChI is InChI=1S/C20H22N6O/c27-20(17-7-10-23-24-12-17)26-14-16(13-25-11-3-4-18(25)15-26)6-9-22-19-5-1-2-8-21-19/h1-5,7-8,10-12,16H,6,9,13-15H2,(H,21,22)/t16-/m1/s1.